The monoisotopic (exact) mass is 1550 g/mol. The summed E-state index contributed by atoms with van der Waals surface area (Å²) in [6, 6.07) is -5.58. The van der Waals surface area contributed by atoms with E-state index in [1.54, 1.807) is 0 Å². The Hall–Kier alpha value is -3.19. The van der Waals surface area contributed by atoms with Crippen LogP contribution in [0.15, 0.2) is 0 Å². The maximum atomic E-state index is 13.5. The van der Waals surface area contributed by atoms with Crippen molar-refractivity contribution < 1.29 is 212 Å². The minimum atomic E-state index is -2.39. The highest BCUT2D eigenvalue weighted by Crippen LogP contribution is 2.40. The molecule has 0 unspecified atom stereocenters. The van der Waals surface area contributed by atoms with Crippen LogP contribution < -0.4 is 16.0 Å². The summed E-state index contributed by atoms with van der Waals surface area (Å²) < 4.78 is 101. The minimum absolute atomic E-state index is 0.844. The number of nitrogens with one attached hydrogen (secondary N) is 3. The van der Waals surface area contributed by atoms with Crippen LogP contribution in [0.1, 0.15) is 41.5 Å². The Labute approximate surface area is 602 Å². The van der Waals surface area contributed by atoms with E-state index in [2.05, 4.69) is 16.0 Å². The predicted octanol–water partition coefficient (Wildman–Crippen LogP) is -17.1. The first-order chi connectivity index (χ1) is 50.0. The molecule has 9 aliphatic heterocycles. The van der Waals surface area contributed by atoms with Gasteiger partial charge in [0.25, 0.3) is 0 Å². The van der Waals surface area contributed by atoms with E-state index in [0.29, 0.717) is 0 Å². The van der Waals surface area contributed by atoms with Crippen molar-refractivity contribution in [2.75, 3.05) is 39.6 Å². The van der Waals surface area contributed by atoms with Crippen molar-refractivity contribution >= 4 is 17.7 Å². The fourth-order valence-corrected chi connectivity index (χ4v) is 13.9. The van der Waals surface area contributed by atoms with Gasteiger partial charge in [-0.2, -0.15) is 0 Å². The Morgan fingerprint density at radius 3 is 1.04 bits per heavy atom. The first-order valence-electron chi connectivity index (χ1n) is 34.2. The zero-order chi connectivity index (χ0) is 78.1. The highest BCUT2D eigenvalue weighted by molar-refractivity contribution is 5.74. The molecule has 26 N–H and O–H groups in total. The summed E-state index contributed by atoms with van der Waals surface area (Å²) in [7, 11) is 0. The molecular formula is C60H101N3O43. The van der Waals surface area contributed by atoms with E-state index in [1.165, 1.54) is 20.8 Å². The molecule has 9 heterocycles. The van der Waals surface area contributed by atoms with Crippen molar-refractivity contribution in [2.45, 2.75) is 318 Å². The van der Waals surface area contributed by atoms with E-state index in [9.17, 15) is 132 Å². The van der Waals surface area contributed by atoms with Gasteiger partial charge in [-0.15, -0.1) is 0 Å². The van der Waals surface area contributed by atoms with Crippen LogP contribution in [0, 0.1) is 0 Å². The van der Waals surface area contributed by atoms with E-state index in [1.807, 2.05) is 0 Å². The van der Waals surface area contributed by atoms with Gasteiger partial charge in [0.1, 0.15) is 201 Å². The summed E-state index contributed by atoms with van der Waals surface area (Å²) in [5.41, 5.74) is 0. The van der Waals surface area contributed by atoms with E-state index < -0.39 is 334 Å². The van der Waals surface area contributed by atoms with Crippen LogP contribution >= 0.6 is 0 Å². The first kappa shape index (κ1) is 86.8. The summed E-state index contributed by atoms with van der Waals surface area (Å²) in [4.78, 5) is 39.0. The quantitative estimate of drug-likeness (QED) is 0.0404. The molecule has 45 atom stereocenters. The van der Waals surface area contributed by atoms with Gasteiger partial charge < -0.3 is 214 Å². The second-order valence-corrected chi connectivity index (χ2v) is 27.4. The molecule has 0 aromatic carbocycles. The molecule has 9 aliphatic rings. The van der Waals surface area contributed by atoms with Gasteiger partial charge in [-0.25, -0.2) is 0 Å². The molecule has 0 aromatic rings. The lowest BCUT2D eigenvalue weighted by Gasteiger charge is -2.52. The third-order valence-corrected chi connectivity index (χ3v) is 19.8. The van der Waals surface area contributed by atoms with Crippen LogP contribution in [-0.2, 0) is 94.9 Å². The smallest absolute Gasteiger partial charge is 0.217 e. The summed E-state index contributed by atoms with van der Waals surface area (Å²) in [5, 5.41) is 262. The average Bonchev–Trinajstić information content (AvgIpc) is 0.765. The Bertz CT molecular complexity index is 2790. The maximum Gasteiger partial charge on any atom is 0.217 e. The Balaban J connectivity index is 0.970. The van der Waals surface area contributed by atoms with Crippen molar-refractivity contribution in [2.24, 2.45) is 0 Å². The number of hydrogen-bond donors (Lipinski definition) is 26. The lowest BCUT2D eigenvalue weighted by Crippen LogP contribution is -2.71. The molecule has 614 valence electrons. The number of aliphatic hydroxyl groups excluding tert-OH is 23. The average molecular weight is 1550 g/mol. The summed E-state index contributed by atoms with van der Waals surface area (Å²) in [5.74, 6) is -2.72. The predicted molar refractivity (Wildman–Crippen MR) is 328 cm³/mol. The lowest BCUT2D eigenvalue weighted by atomic mass is 9.93. The first-order valence-corrected chi connectivity index (χ1v) is 34.2. The van der Waals surface area contributed by atoms with Crippen molar-refractivity contribution in [3.8, 4) is 0 Å². The second-order valence-electron chi connectivity index (χ2n) is 27.4. The molecule has 9 fully saturated rings. The maximum absolute atomic E-state index is 13.5. The van der Waals surface area contributed by atoms with Crippen LogP contribution in [0.5, 0.6) is 0 Å². The molecule has 0 radical (unpaired) electrons. The third kappa shape index (κ3) is 18.7. The number of hydrogen-bond acceptors (Lipinski definition) is 43. The number of carbonyl (C=O) groups excluding carboxylic acids is 3. The summed E-state index contributed by atoms with van der Waals surface area (Å²) in [6.45, 7) is 0.344. The Morgan fingerprint density at radius 1 is 0.264 bits per heavy atom. The molecule has 0 bridgehead atoms. The minimum Gasteiger partial charge on any atom is -0.394 e. The Morgan fingerprint density at radius 2 is 0.594 bits per heavy atom. The summed E-state index contributed by atoms with van der Waals surface area (Å²) in [6.07, 6.45) is -81.7. The number of rotatable bonds is 25. The van der Waals surface area contributed by atoms with Gasteiger partial charge in [0, 0.05) is 20.8 Å². The van der Waals surface area contributed by atoms with E-state index >= 15 is 0 Å². The van der Waals surface area contributed by atoms with Crippen LogP contribution in [0.4, 0.5) is 0 Å². The molecular weight excluding hydrogens is 1450 g/mol. The standard InChI is InChI=1S/C60H101N3O43/c1-13-28(72)36(80)41(85)55(91-13)101-46-23(11-68)99-54(27(63-18(6)71)48(46)103-60-51(40(84)32(76)20(8-65)97-60)106-57-43(87)38(82)30(74)15(3)93-57)104-49-33(77)21(9-66)95-58(44(49)88)100-45-22(10-67)98-53(25(35(45)79)61-16(4)69)90-12-24-34(78)47(26(52(89)94-24)62-17(5)70)102-59-50(39(83)31(75)19(7-64)96-59)105-56-42(86)37(81)29(73)14(2)92-56/h13-15,19-60,64-68,72-89H,7-12H2,1-6H3,(H,61,69)(H,62,70)(H,63,71)/t13-,14-,15-,19+,20+,21+,22+,23+,24+,25+,26+,27+,28+,29+,30+,31-,32-,33-,34-,35+,36+,37+,38+,39-,40-,41-,42-,43-,44+,45+,46+,47+,48+,49-,50+,51+,52-,53+,54-,55-,56-,57-,58-,59-,60-/m0/s1. The lowest BCUT2D eigenvalue weighted by molar-refractivity contribution is -0.400. The molecule has 3 amide bonds. The fourth-order valence-electron chi connectivity index (χ4n) is 13.9. The molecule has 46 nitrogen and oxygen atoms in total. The van der Waals surface area contributed by atoms with E-state index in [4.69, 9.17) is 80.5 Å². The number of ether oxygens (including phenoxy) is 17. The van der Waals surface area contributed by atoms with Gasteiger partial charge in [0.05, 0.1) is 58.0 Å². The molecule has 9 rings (SSSR count). The summed E-state index contributed by atoms with van der Waals surface area (Å²) >= 11 is 0. The molecule has 46 heteroatoms. The molecule has 0 saturated carbocycles. The highest BCUT2D eigenvalue weighted by atomic mass is 16.8. The topological polar surface area (TPSA) is 710 Å². The SMILES string of the molecule is CC(=O)N[C@@H]1[C@@H](O[C@@H]2O[C@H](CO)[C@H](O)[C@H](O)[C@H]2O[C@@H]2O[C@@H](C)[C@@H](O)[C@@H](O)[C@@H]2O)[C@@H](O)[C@@H](CO[C@@H]2O[C@H](CO)[C@@H](O[C@@H]3O[C@H](CO)[C@H](O)[C@H](O[C@@H]4O[C@H](CO)[C@@H](O[C@@H]5O[C@@H](C)[C@@H](O)[C@@H](O)[C@@H]5O)[C@H](O[C@@H]5O[C@H](CO)[C@H](O)[C@H](O)[C@H]5O[C@@H]5O[C@@H](C)[C@@H](O)[C@@H](O)[C@@H]5O)[C@H]4NC(C)=O)[C@H]3O)[C@H](O)[C@H]2NC(C)=O)O[C@@H]1O. The van der Waals surface area contributed by atoms with Crippen molar-refractivity contribution in [1.82, 2.24) is 16.0 Å². The molecule has 106 heavy (non-hydrogen) atoms. The largest absolute Gasteiger partial charge is 0.394 e. The van der Waals surface area contributed by atoms with Gasteiger partial charge in [-0.05, 0) is 20.8 Å². The highest BCUT2D eigenvalue weighted by Gasteiger charge is 2.61. The van der Waals surface area contributed by atoms with Gasteiger partial charge in [-0.3, -0.25) is 14.4 Å². The van der Waals surface area contributed by atoms with Crippen LogP contribution in [-0.4, -0.2) is 451 Å². The number of carbonyl (C=O) groups is 3. The van der Waals surface area contributed by atoms with Gasteiger partial charge in [0.15, 0.2) is 56.6 Å². The van der Waals surface area contributed by atoms with Gasteiger partial charge >= 0.3 is 0 Å². The van der Waals surface area contributed by atoms with Crippen molar-refractivity contribution in [3.05, 3.63) is 0 Å². The number of amides is 3. The normalized spacial score (nSPS) is 51.1. The third-order valence-electron chi connectivity index (χ3n) is 19.8. The van der Waals surface area contributed by atoms with E-state index in [0.717, 1.165) is 20.8 Å². The Kier molecular flexibility index (Phi) is 30.4. The molecule has 9 saturated heterocycles. The number of aliphatic hydroxyl groups is 23. The molecule has 0 aliphatic carbocycles. The second kappa shape index (κ2) is 37.2. The van der Waals surface area contributed by atoms with Crippen LogP contribution in [0.25, 0.3) is 0 Å². The van der Waals surface area contributed by atoms with Crippen LogP contribution in [0.3, 0.4) is 0 Å². The fraction of sp³-hybridized carbons (Fsp3) is 0.950. The zero-order valence-corrected chi connectivity index (χ0v) is 57.7. The van der Waals surface area contributed by atoms with Gasteiger partial charge in [-0.1, -0.05) is 0 Å². The van der Waals surface area contributed by atoms with Crippen LogP contribution in [0.2, 0.25) is 0 Å². The van der Waals surface area contributed by atoms with Gasteiger partial charge in [0.2, 0.25) is 17.7 Å². The molecule has 0 spiro atoms. The molecule has 0 aromatic heterocycles. The van der Waals surface area contributed by atoms with E-state index in [-0.39, 0.29) is 0 Å². The van der Waals surface area contributed by atoms with Crippen molar-refractivity contribution in [3.63, 3.8) is 0 Å². The zero-order valence-electron chi connectivity index (χ0n) is 57.7. The van der Waals surface area contributed by atoms with Crippen molar-refractivity contribution in [1.29, 1.82) is 0 Å².